The van der Waals surface area contributed by atoms with Crippen molar-refractivity contribution in [2.75, 3.05) is 18.0 Å². The zero-order valence-electron chi connectivity index (χ0n) is 19.0. The molecule has 5 rings (SSSR count). The third-order valence-corrected chi connectivity index (χ3v) is 6.48. The highest BCUT2D eigenvalue weighted by Crippen LogP contribution is 2.30. The Kier molecular flexibility index (Phi) is 6.45. The van der Waals surface area contributed by atoms with Crippen LogP contribution in [0.4, 0.5) is 5.82 Å². The van der Waals surface area contributed by atoms with Gasteiger partial charge in [0.25, 0.3) is 0 Å². The second kappa shape index (κ2) is 9.98. The van der Waals surface area contributed by atoms with Gasteiger partial charge >= 0.3 is 0 Å². The topological polar surface area (TPSA) is 66.3 Å². The molecule has 4 aromatic rings. The summed E-state index contributed by atoms with van der Waals surface area (Å²) in [4.78, 5) is 24.7. The fraction of sp³-hybridized carbons (Fsp3) is 0.207. The van der Waals surface area contributed by atoms with Crippen LogP contribution in [0.25, 0.3) is 11.1 Å². The largest absolute Gasteiger partial charge is 0.392 e. The second-order valence-electron chi connectivity index (χ2n) is 8.68. The Labute approximate surface area is 199 Å². The third kappa shape index (κ3) is 4.61. The minimum absolute atomic E-state index is 0.0717. The van der Waals surface area contributed by atoms with E-state index in [-0.39, 0.29) is 12.4 Å². The molecule has 170 valence electrons. The van der Waals surface area contributed by atoms with Crippen molar-refractivity contribution in [1.82, 2.24) is 9.97 Å². The van der Waals surface area contributed by atoms with Crippen molar-refractivity contribution in [3.05, 3.63) is 114 Å². The Hall–Kier alpha value is -3.83. The van der Waals surface area contributed by atoms with Gasteiger partial charge in [-0.1, -0.05) is 60.7 Å². The van der Waals surface area contributed by atoms with Crippen LogP contribution in [0.3, 0.4) is 0 Å². The van der Waals surface area contributed by atoms with Crippen LogP contribution in [0.15, 0.2) is 91.3 Å². The molecule has 0 radical (unpaired) electrons. The lowest BCUT2D eigenvalue weighted by molar-refractivity contribution is 0.103. The lowest BCUT2D eigenvalue weighted by Crippen LogP contribution is -2.35. The number of hydrogen-bond donors (Lipinski definition) is 1. The average molecular weight is 450 g/mol. The van der Waals surface area contributed by atoms with E-state index < -0.39 is 0 Å². The summed E-state index contributed by atoms with van der Waals surface area (Å²) in [5.41, 5.74) is 4.71. The second-order valence-corrected chi connectivity index (χ2v) is 8.68. The lowest BCUT2D eigenvalue weighted by atomic mass is 9.90. The number of hydrogen-bond acceptors (Lipinski definition) is 5. The highest BCUT2D eigenvalue weighted by molar-refractivity contribution is 6.08. The first-order valence-electron chi connectivity index (χ1n) is 11.7. The highest BCUT2D eigenvalue weighted by Gasteiger charge is 2.23. The van der Waals surface area contributed by atoms with E-state index in [0.29, 0.717) is 17.2 Å². The van der Waals surface area contributed by atoms with Gasteiger partial charge in [-0.25, -0.2) is 4.98 Å². The van der Waals surface area contributed by atoms with Crippen molar-refractivity contribution >= 4 is 11.6 Å². The van der Waals surface area contributed by atoms with Gasteiger partial charge in [0.05, 0.1) is 6.61 Å². The number of aliphatic hydroxyl groups is 1. The quantitative estimate of drug-likeness (QED) is 0.407. The maximum atomic E-state index is 13.3. The molecule has 1 aliphatic rings. The van der Waals surface area contributed by atoms with E-state index in [2.05, 4.69) is 34.1 Å². The maximum Gasteiger partial charge on any atom is 0.212 e. The summed E-state index contributed by atoms with van der Waals surface area (Å²) < 4.78 is 0. The summed E-state index contributed by atoms with van der Waals surface area (Å²) in [6, 6.07) is 25.7. The SMILES string of the molecule is O=C(c1cncc(-c2ccccc2CO)c1)c1cccc(N2CCCC(c3ccccc3)C2)n1. The zero-order chi connectivity index (χ0) is 23.3. The summed E-state index contributed by atoms with van der Waals surface area (Å²) in [5.74, 6) is 1.14. The minimum atomic E-state index is -0.158. The number of benzene rings is 2. The first-order valence-corrected chi connectivity index (χ1v) is 11.7. The lowest BCUT2D eigenvalue weighted by Gasteiger charge is -2.34. The number of anilines is 1. The van der Waals surface area contributed by atoms with Gasteiger partial charge in [-0.3, -0.25) is 9.78 Å². The molecule has 2 aromatic heterocycles. The van der Waals surface area contributed by atoms with E-state index in [1.165, 1.54) is 5.56 Å². The number of carbonyl (C=O) groups excluding carboxylic acids is 1. The van der Waals surface area contributed by atoms with Crippen LogP contribution >= 0.6 is 0 Å². The van der Waals surface area contributed by atoms with Gasteiger partial charge in [0.15, 0.2) is 0 Å². The predicted molar refractivity (Wildman–Crippen MR) is 134 cm³/mol. The number of aliphatic hydroxyl groups excluding tert-OH is 1. The van der Waals surface area contributed by atoms with Crippen LogP contribution in [0.5, 0.6) is 0 Å². The predicted octanol–water partition coefficient (Wildman–Crippen LogP) is 5.25. The summed E-state index contributed by atoms with van der Waals surface area (Å²) in [5, 5.41) is 9.68. The highest BCUT2D eigenvalue weighted by atomic mass is 16.3. The smallest absolute Gasteiger partial charge is 0.212 e. The Morgan fingerprint density at radius 1 is 0.971 bits per heavy atom. The number of piperidine rings is 1. The maximum absolute atomic E-state index is 13.3. The molecule has 3 heterocycles. The van der Waals surface area contributed by atoms with E-state index in [0.717, 1.165) is 48.4 Å². The normalized spacial score (nSPS) is 15.8. The van der Waals surface area contributed by atoms with Gasteiger partial charge in [0.2, 0.25) is 5.78 Å². The standard InChI is InChI=1S/C29H27N3O2/c33-20-23-10-4-5-12-26(23)24-16-25(18-30-17-24)29(34)27-13-6-14-28(31-27)32-15-7-11-22(19-32)21-8-2-1-3-9-21/h1-6,8-10,12-14,16-18,22,33H,7,11,15,19-20H2. The van der Waals surface area contributed by atoms with Crippen molar-refractivity contribution in [1.29, 1.82) is 0 Å². The molecule has 1 unspecified atom stereocenters. The van der Waals surface area contributed by atoms with Gasteiger partial charge in [-0.2, -0.15) is 0 Å². The Balaban J connectivity index is 1.39. The monoisotopic (exact) mass is 449 g/mol. The molecule has 0 aliphatic carbocycles. The number of ketones is 1. The van der Waals surface area contributed by atoms with Gasteiger partial charge in [0, 0.05) is 42.5 Å². The molecule has 0 bridgehead atoms. The Morgan fingerprint density at radius 3 is 2.65 bits per heavy atom. The fourth-order valence-corrected chi connectivity index (χ4v) is 4.71. The molecule has 34 heavy (non-hydrogen) atoms. The van der Waals surface area contributed by atoms with Gasteiger partial charge < -0.3 is 10.0 Å². The molecule has 1 N–H and O–H groups in total. The summed E-state index contributed by atoms with van der Waals surface area (Å²) in [6.07, 6.45) is 5.54. The number of rotatable bonds is 6. The van der Waals surface area contributed by atoms with E-state index in [9.17, 15) is 9.90 Å². The molecule has 2 aromatic carbocycles. The minimum Gasteiger partial charge on any atom is -0.392 e. The first-order chi connectivity index (χ1) is 16.7. The first kappa shape index (κ1) is 22.0. The van der Waals surface area contributed by atoms with E-state index in [1.54, 1.807) is 18.5 Å². The van der Waals surface area contributed by atoms with Crippen LogP contribution in [0.2, 0.25) is 0 Å². The molecule has 0 amide bonds. The van der Waals surface area contributed by atoms with Crippen LogP contribution in [0, 0.1) is 0 Å². The molecular formula is C29H27N3O2. The fourth-order valence-electron chi connectivity index (χ4n) is 4.71. The van der Waals surface area contributed by atoms with Crippen LogP contribution in [-0.4, -0.2) is 33.9 Å². The van der Waals surface area contributed by atoms with Crippen molar-refractivity contribution in [3.63, 3.8) is 0 Å². The van der Waals surface area contributed by atoms with Crippen molar-refractivity contribution in [2.45, 2.75) is 25.4 Å². The summed E-state index contributed by atoms with van der Waals surface area (Å²) >= 11 is 0. The van der Waals surface area contributed by atoms with E-state index in [1.807, 2.05) is 48.5 Å². The number of aromatic nitrogens is 2. The van der Waals surface area contributed by atoms with Gasteiger partial charge in [-0.15, -0.1) is 0 Å². The van der Waals surface area contributed by atoms with Gasteiger partial charge in [-0.05, 0) is 47.7 Å². The number of carbonyl (C=O) groups is 1. The summed E-state index contributed by atoms with van der Waals surface area (Å²) in [7, 11) is 0. The number of pyridine rings is 2. The number of nitrogens with zero attached hydrogens (tertiary/aromatic N) is 3. The van der Waals surface area contributed by atoms with Crippen molar-refractivity contribution in [2.24, 2.45) is 0 Å². The molecule has 5 nitrogen and oxygen atoms in total. The average Bonchev–Trinajstić information content (AvgIpc) is 2.93. The van der Waals surface area contributed by atoms with E-state index >= 15 is 0 Å². The molecule has 0 saturated carbocycles. The van der Waals surface area contributed by atoms with Gasteiger partial charge in [0.1, 0.15) is 11.5 Å². The zero-order valence-corrected chi connectivity index (χ0v) is 19.0. The van der Waals surface area contributed by atoms with Crippen LogP contribution < -0.4 is 4.90 Å². The molecule has 5 heteroatoms. The molecule has 1 atom stereocenters. The Morgan fingerprint density at radius 2 is 1.79 bits per heavy atom. The third-order valence-electron chi connectivity index (χ3n) is 6.48. The molecule has 1 fully saturated rings. The molecular weight excluding hydrogens is 422 g/mol. The summed E-state index contributed by atoms with van der Waals surface area (Å²) in [6.45, 7) is 1.75. The van der Waals surface area contributed by atoms with Crippen molar-refractivity contribution in [3.8, 4) is 11.1 Å². The van der Waals surface area contributed by atoms with Crippen molar-refractivity contribution < 1.29 is 9.90 Å². The molecule has 1 aliphatic heterocycles. The van der Waals surface area contributed by atoms with E-state index in [4.69, 9.17) is 4.98 Å². The van der Waals surface area contributed by atoms with Crippen LogP contribution in [-0.2, 0) is 6.61 Å². The molecule has 1 saturated heterocycles. The molecule has 0 spiro atoms. The van der Waals surface area contributed by atoms with Crippen LogP contribution in [0.1, 0.15) is 45.9 Å². The Bertz CT molecular complexity index is 1290.